The number of anilines is 1. The molecular weight excluding hydrogens is 414 g/mol. The fourth-order valence-corrected chi connectivity index (χ4v) is 4.26. The van der Waals surface area contributed by atoms with Crippen LogP contribution in [0.2, 0.25) is 0 Å². The molecule has 0 N–H and O–H groups in total. The molecule has 0 spiro atoms. The maximum Gasteiger partial charge on any atom is 0.329 e. The highest BCUT2D eigenvalue weighted by molar-refractivity contribution is 7.13. The molecule has 0 radical (unpaired) electrons. The van der Waals surface area contributed by atoms with Crippen LogP contribution in [0.1, 0.15) is 27.2 Å². The lowest BCUT2D eigenvalue weighted by molar-refractivity contribution is -0.150. The molecule has 3 aromatic rings. The predicted octanol–water partition coefficient (Wildman–Crippen LogP) is 4.33. The van der Waals surface area contributed by atoms with E-state index in [-0.39, 0.29) is 18.6 Å². The standard InChI is InChI=1S/C23H23N3O4S/c1-4-18(23(28)30-14(2)3)26-19-11-15(8-9-20(19)29-12-21(26)27)17-13-31-22(25-17)16-7-5-6-10-24-16/h5-11,13-14,18H,4,12H2,1-3H3. The number of fused-ring (bicyclic) bond motifs is 1. The van der Waals surface area contributed by atoms with Gasteiger partial charge in [-0.25, -0.2) is 9.78 Å². The first-order chi connectivity index (χ1) is 15.0. The fraction of sp³-hybridized carbons (Fsp3) is 0.304. The minimum absolute atomic E-state index is 0.113. The molecule has 8 heteroatoms. The van der Waals surface area contributed by atoms with E-state index < -0.39 is 12.0 Å². The van der Waals surface area contributed by atoms with Crippen LogP contribution in [0.4, 0.5) is 5.69 Å². The zero-order chi connectivity index (χ0) is 22.0. The molecule has 7 nitrogen and oxygen atoms in total. The quantitative estimate of drug-likeness (QED) is 0.534. The van der Waals surface area contributed by atoms with Gasteiger partial charge in [0.05, 0.1) is 23.2 Å². The van der Waals surface area contributed by atoms with Gasteiger partial charge in [-0.05, 0) is 50.6 Å². The topological polar surface area (TPSA) is 81.6 Å². The number of nitrogens with zero attached hydrogens (tertiary/aromatic N) is 3. The van der Waals surface area contributed by atoms with E-state index in [1.165, 1.54) is 16.2 Å². The number of benzene rings is 1. The van der Waals surface area contributed by atoms with Gasteiger partial charge < -0.3 is 9.47 Å². The lowest BCUT2D eigenvalue weighted by atomic mass is 10.1. The molecule has 1 aromatic carbocycles. The Labute approximate surface area is 184 Å². The average molecular weight is 438 g/mol. The Balaban J connectivity index is 1.70. The number of aromatic nitrogens is 2. The Hall–Kier alpha value is -3.26. The van der Waals surface area contributed by atoms with Crippen LogP contribution in [0.3, 0.4) is 0 Å². The maximum atomic E-state index is 12.8. The van der Waals surface area contributed by atoms with Crippen LogP contribution in [0.15, 0.2) is 48.0 Å². The van der Waals surface area contributed by atoms with Crippen molar-refractivity contribution in [2.75, 3.05) is 11.5 Å². The first kappa shape index (κ1) is 21.0. The molecule has 0 bridgehead atoms. The molecule has 0 aliphatic carbocycles. The summed E-state index contributed by atoms with van der Waals surface area (Å²) in [6, 6.07) is 10.5. The predicted molar refractivity (Wildman–Crippen MR) is 119 cm³/mol. The smallest absolute Gasteiger partial charge is 0.329 e. The number of thiazole rings is 1. The lowest BCUT2D eigenvalue weighted by Crippen LogP contribution is -2.50. The summed E-state index contributed by atoms with van der Waals surface area (Å²) >= 11 is 1.50. The second-order valence-electron chi connectivity index (χ2n) is 7.40. The van der Waals surface area contributed by atoms with E-state index >= 15 is 0 Å². The molecule has 0 saturated carbocycles. The minimum Gasteiger partial charge on any atom is -0.482 e. The Bertz CT molecular complexity index is 1100. The summed E-state index contributed by atoms with van der Waals surface area (Å²) in [6.07, 6.45) is 1.90. The number of rotatable bonds is 6. The van der Waals surface area contributed by atoms with Crippen molar-refractivity contribution in [1.29, 1.82) is 0 Å². The third-order valence-electron chi connectivity index (χ3n) is 4.84. The number of hydrogen-bond acceptors (Lipinski definition) is 7. The SMILES string of the molecule is CCC(C(=O)OC(C)C)N1C(=O)COc2ccc(-c3csc(-c4ccccn4)n3)cc21. The fourth-order valence-electron chi connectivity index (χ4n) is 3.45. The van der Waals surface area contributed by atoms with Crippen molar-refractivity contribution in [2.45, 2.75) is 39.3 Å². The third-order valence-corrected chi connectivity index (χ3v) is 5.71. The first-order valence-electron chi connectivity index (χ1n) is 10.1. The summed E-state index contributed by atoms with van der Waals surface area (Å²) in [7, 11) is 0. The second kappa shape index (κ2) is 8.85. The van der Waals surface area contributed by atoms with Crippen LogP contribution >= 0.6 is 11.3 Å². The van der Waals surface area contributed by atoms with Crippen molar-refractivity contribution in [2.24, 2.45) is 0 Å². The second-order valence-corrected chi connectivity index (χ2v) is 8.26. The van der Waals surface area contributed by atoms with Gasteiger partial charge >= 0.3 is 5.97 Å². The summed E-state index contributed by atoms with van der Waals surface area (Å²) in [6.45, 7) is 5.33. The number of hydrogen-bond donors (Lipinski definition) is 0. The molecule has 1 aliphatic rings. The normalized spacial score (nSPS) is 14.2. The molecule has 31 heavy (non-hydrogen) atoms. The van der Waals surface area contributed by atoms with E-state index in [1.807, 2.05) is 48.7 Å². The van der Waals surface area contributed by atoms with E-state index in [2.05, 4.69) is 4.98 Å². The maximum absolute atomic E-state index is 12.8. The van der Waals surface area contributed by atoms with E-state index in [4.69, 9.17) is 14.5 Å². The molecule has 3 heterocycles. The van der Waals surface area contributed by atoms with Gasteiger partial charge in [0.2, 0.25) is 0 Å². The van der Waals surface area contributed by atoms with Gasteiger partial charge in [-0.1, -0.05) is 13.0 Å². The molecule has 1 atom stereocenters. The van der Waals surface area contributed by atoms with Crippen molar-refractivity contribution >= 4 is 28.9 Å². The van der Waals surface area contributed by atoms with Gasteiger partial charge in [0.1, 0.15) is 16.8 Å². The molecule has 1 aliphatic heterocycles. The molecule has 1 unspecified atom stereocenters. The Morgan fingerprint density at radius 2 is 2.10 bits per heavy atom. The number of esters is 1. The van der Waals surface area contributed by atoms with Crippen LogP contribution in [-0.2, 0) is 14.3 Å². The summed E-state index contributed by atoms with van der Waals surface area (Å²) in [5, 5.41) is 2.76. The van der Waals surface area contributed by atoms with Gasteiger partial charge in [-0.3, -0.25) is 14.7 Å². The van der Waals surface area contributed by atoms with Gasteiger partial charge in [-0.15, -0.1) is 11.3 Å². The molecule has 1 amide bonds. The molecule has 0 fully saturated rings. The Morgan fingerprint density at radius 1 is 1.26 bits per heavy atom. The monoisotopic (exact) mass is 437 g/mol. The van der Waals surface area contributed by atoms with Crippen molar-refractivity contribution in [3.63, 3.8) is 0 Å². The van der Waals surface area contributed by atoms with Crippen LogP contribution < -0.4 is 9.64 Å². The summed E-state index contributed by atoms with van der Waals surface area (Å²) in [5.74, 6) is -0.140. The van der Waals surface area contributed by atoms with Crippen LogP contribution in [0, 0.1) is 0 Å². The third kappa shape index (κ3) is 4.29. The molecule has 2 aromatic heterocycles. The van der Waals surface area contributed by atoms with Crippen molar-refractivity contribution in [1.82, 2.24) is 9.97 Å². The Kier molecular flexibility index (Phi) is 5.99. The zero-order valence-corrected chi connectivity index (χ0v) is 18.4. The number of carbonyl (C=O) groups excluding carboxylic acids is 2. The number of pyridine rings is 1. The highest BCUT2D eigenvalue weighted by atomic mass is 32.1. The number of ether oxygens (including phenoxy) is 2. The van der Waals surface area contributed by atoms with Crippen LogP contribution in [0.5, 0.6) is 5.75 Å². The van der Waals surface area contributed by atoms with Gasteiger partial charge in [0.25, 0.3) is 5.91 Å². The average Bonchev–Trinajstić information content (AvgIpc) is 3.26. The first-order valence-corrected chi connectivity index (χ1v) is 11.0. The molecule has 0 saturated heterocycles. The number of carbonyl (C=O) groups is 2. The molecule has 160 valence electrons. The van der Waals surface area contributed by atoms with Crippen molar-refractivity contribution in [3.8, 4) is 27.7 Å². The largest absolute Gasteiger partial charge is 0.482 e. The summed E-state index contributed by atoms with van der Waals surface area (Å²) in [5.41, 5.74) is 2.95. The summed E-state index contributed by atoms with van der Waals surface area (Å²) < 4.78 is 11.0. The molecule has 4 rings (SSSR count). The highest BCUT2D eigenvalue weighted by Crippen LogP contribution is 2.38. The van der Waals surface area contributed by atoms with Crippen LogP contribution in [0.25, 0.3) is 22.0 Å². The zero-order valence-electron chi connectivity index (χ0n) is 17.6. The van der Waals surface area contributed by atoms with E-state index in [0.717, 1.165) is 22.0 Å². The molecular formula is C23H23N3O4S. The van der Waals surface area contributed by atoms with Gasteiger partial charge in [0.15, 0.2) is 6.61 Å². The van der Waals surface area contributed by atoms with Crippen molar-refractivity contribution in [3.05, 3.63) is 48.0 Å². The minimum atomic E-state index is -0.715. The van der Waals surface area contributed by atoms with E-state index in [0.29, 0.717) is 17.9 Å². The number of amides is 1. The van der Waals surface area contributed by atoms with E-state index in [1.54, 1.807) is 20.0 Å². The van der Waals surface area contributed by atoms with E-state index in [9.17, 15) is 9.59 Å². The van der Waals surface area contributed by atoms with Gasteiger partial charge in [0, 0.05) is 17.1 Å². The summed E-state index contributed by atoms with van der Waals surface area (Å²) in [4.78, 5) is 36.0. The van der Waals surface area contributed by atoms with Gasteiger partial charge in [-0.2, -0.15) is 0 Å². The Morgan fingerprint density at radius 3 is 2.81 bits per heavy atom. The highest BCUT2D eigenvalue weighted by Gasteiger charge is 2.36. The lowest BCUT2D eigenvalue weighted by Gasteiger charge is -2.34. The van der Waals surface area contributed by atoms with Crippen molar-refractivity contribution < 1.29 is 19.1 Å². The van der Waals surface area contributed by atoms with Crippen LogP contribution in [-0.4, -0.2) is 40.6 Å².